The van der Waals surface area contributed by atoms with Gasteiger partial charge in [-0.25, -0.2) is 9.89 Å². The van der Waals surface area contributed by atoms with E-state index in [-0.39, 0.29) is 23.8 Å². The summed E-state index contributed by atoms with van der Waals surface area (Å²) in [7, 11) is 0. The van der Waals surface area contributed by atoms with E-state index in [0.717, 1.165) is 16.7 Å². The zero-order valence-corrected chi connectivity index (χ0v) is 19.3. The summed E-state index contributed by atoms with van der Waals surface area (Å²) in [5.41, 5.74) is 0.303. The molecule has 1 aromatic carbocycles. The van der Waals surface area contributed by atoms with Crippen molar-refractivity contribution in [3.8, 4) is 6.07 Å². The quantitative estimate of drug-likeness (QED) is 0.331. The van der Waals surface area contributed by atoms with Crippen molar-refractivity contribution in [1.29, 1.82) is 5.26 Å². The predicted molar refractivity (Wildman–Crippen MR) is 121 cm³/mol. The van der Waals surface area contributed by atoms with Crippen LogP contribution >= 0.6 is 35.3 Å². The number of carbonyl (C=O) groups is 3. The van der Waals surface area contributed by atoms with Crippen LogP contribution in [0.25, 0.3) is 0 Å². The van der Waals surface area contributed by atoms with Crippen molar-refractivity contribution in [2.45, 2.75) is 33.1 Å². The number of nitrogens with one attached hydrogen (secondary N) is 2. The number of carboxylic acids is 1. The summed E-state index contributed by atoms with van der Waals surface area (Å²) < 4.78 is 0. The van der Waals surface area contributed by atoms with Gasteiger partial charge in [0.25, 0.3) is 5.91 Å². The highest BCUT2D eigenvalue weighted by Gasteiger charge is 2.54. The zero-order valence-electron chi connectivity index (χ0n) is 16.9. The van der Waals surface area contributed by atoms with Crippen molar-refractivity contribution in [3.63, 3.8) is 0 Å². The van der Waals surface area contributed by atoms with Gasteiger partial charge >= 0.3 is 5.97 Å². The molecule has 14 heteroatoms. The van der Waals surface area contributed by atoms with Crippen LogP contribution in [0.5, 0.6) is 0 Å². The highest BCUT2D eigenvalue weighted by Crippen LogP contribution is 2.44. The number of nitrogens with zero attached hydrogens (tertiary/aromatic N) is 5. The van der Waals surface area contributed by atoms with Gasteiger partial charge in [0, 0.05) is 15.9 Å². The van der Waals surface area contributed by atoms with Gasteiger partial charge in [-0.15, -0.1) is 28.6 Å². The first-order valence-electron chi connectivity index (χ1n) is 9.65. The van der Waals surface area contributed by atoms with Gasteiger partial charge in [-0.3, -0.25) is 14.5 Å². The van der Waals surface area contributed by atoms with Gasteiger partial charge in [0.05, 0.1) is 18.2 Å². The first kappa shape index (κ1) is 23.1. The van der Waals surface area contributed by atoms with E-state index in [0.29, 0.717) is 16.5 Å². The molecule has 2 amide bonds. The summed E-state index contributed by atoms with van der Waals surface area (Å²) in [5.74, 6) is -1.61. The fourth-order valence-corrected chi connectivity index (χ4v) is 6.63. The van der Waals surface area contributed by atoms with E-state index in [1.807, 2.05) is 30.3 Å². The predicted octanol–water partition coefficient (Wildman–Crippen LogP) is 1.10. The number of carbonyl (C=O) groups excluding carboxylic acids is 2. The standard InChI is InChI=1S/C19H17N7O4S3/c20-7-6-12(33-19-22-24-25-23-19)11-8-32-17-14(16(28)26(17)15(11)18(29)30)21-13(27)9-31-10-4-2-1-3-5-10/h1-5,12,14,17H,6,8-9H2,(H,21,27)(H,29,30)(H,22,23,24,25)/t12?,14?,17-/m0/s1. The average molecular weight is 504 g/mol. The first-order chi connectivity index (χ1) is 16.0. The van der Waals surface area contributed by atoms with Crippen LogP contribution in [0.1, 0.15) is 6.42 Å². The number of hydrogen-bond acceptors (Lipinski definition) is 10. The van der Waals surface area contributed by atoms with Crippen molar-refractivity contribution in [3.05, 3.63) is 41.6 Å². The van der Waals surface area contributed by atoms with Crippen LogP contribution in [0, 0.1) is 11.3 Å². The fourth-order valence-electron chi connectivity index (χ4n) is 3.42. The third-order valence-corrected chi connectivity index (χ3v) is 8.32. The van der Waals surface area contributed by atoms with Crippen molar-refractivity contribution >= 4 is 53.1 Å². The van der Waals surface area contributed by atoms with Gasteiger partial charge in [-0.05, 0) is 28.1 Å². The second-order valence-corrected chi connectivity index (χ2v) is 10.3. The lowest BCUT2D eigenvalue weighted by atomic mass is 10.0. The average Bonchev–Trinajstić information content (AvgIpc) is 3.33. The number of H-pyrrole nitrogens is 1. The molecule has 1 saturated heterocycles. The van der Waals surface area contributed by atoms with E-state index in [2.05, 4.69) is 32.0 Å². The van der Waals surface area contributed by atoms with E-state index in [4.69, 9.17) is 0 Å². The summed E-state index contributed by atoms with van der Waals surface area (Å²) in [6, 6.07) is 10.7. The van der Waals surface area contributed by atoms with Gasteiger partial charge in [-0.2, -0.15) is 5.26 Å². The van der Waals surface area contributed by atoms with Crippen LogP contribution in [0.4, 0.5) is 0 Å². The SMILES string of the molecule is N#CCC(Sc1nnn[nH]1)C1=C(C(=O)O)N2C(=O)C(NC(=O)CSc3ccccc3)[C@@H]2SC1. The third kappa shape index (κ3) is 5.00. The second kappa shape index (κ2) is 10.3. The molecule has 2 aromatic rings. The molecule has 2 aliphatic heterocycles. The minimum Gasteiger partial charge on any atom is -0.477 e. The fraction of sp³-hybridized carbons (Fsp3) is 0.316. The van der Waals surface area contributed by atoms with Crippen molar-refractivity contribution in [2.75, 3.05) is 11.5 Å². The summed E-state index contributed by atoms with van der Waals surface area (Å²) in [5, 5.41) is 34.5. The summed E-state index contributed by atoms with van der Waals surface area (Å²) in [4.78, 5) is 39.5. The Morgan fingerprint density at radius 2 is 2.18 bits per heavy atom. The number of thioether (sulfide) groups is 3. The van der Waals surface area contributed by atoms with E-state index in [1.54, 1.807) is 0 Å². The summed E-state index contributed by atoms with van der Waals surface area (Å²) >= 11 is 3.84. The summed E-state index contributed by atoms with van der Waals surface area (Å²) in [6.45, 7) is 0. The Morgan fingerprint density at radius 1 is 1.39 bits per heavy atom. The molecule has 11 nitrogen and oxygen atoms in total. The minimum absolute atomic E-state index is 0.0155. The third-order valence-electron chi connectivity index (χ3n) is 4.88. The van der Waals surface area contributed by atoms with Gasteiger partial charge in [-0.1, -0.05) is 30.0 Å². The lowest BCUT2D eigenvalue weighted by Gasteiger charge is -2.50. The van der Waals surface area contributed by atoms with Gasteiger partial charge in [0.1, 0.15) is 17.1 Å². The molecule has 1 fully saturated rings. The summed E-state index contributed by atoms with van der Waals surface area (Å²) in [6.07, 6.45) is 0.0155. The number of aromatic nitrogens is 4. The molecule has 2 unspecified atom stereocenters. The maximum Gasteiger partial charge on any atom is 0.352 e. The van der Waals surface area contributed by atoms with Crippen LogP contribution in [0.2, 0.25) is 0 Å². The number of tetrazole rings is 1. The van der Waals surface area contributed by atoms with Crippen molar-refractivity contribution in [1.82, 2.24) is 30.8 Å². The molecular weight excluding hydrogens is 486 g/mol. The lowest BCUT2D eigenvalue weighted by molar-refractivity contribution is -0.150. The molecule has 170 valence electrons. The van der Waals surface area contributed by atoms with E-state index >= 15 is 0 Å². The van der Waals surface area contributed by atoms with Gasteiger partial charge in [0.15, 0.2) is 0 Å². The molecule has 33 heavy (non-hydrogen) atoms. The Labute approximate surface area is 200 Å². The maximum absolute atomic E-state index is 12.8. The van der Waals surface area contributed by atoms with E-state index in [9.17, 15) is 24.8 Å². The number of benzene rings is 1. The second-order valence-electron chi connectivity index (χ2n) is 6.91. The molecule has 0 saturated carbocycles. The Hall–Kier alpha value is -3.02. The minimum atomic E-state index is -1.26. The van der Waals surface area contributed by atoms with Crippen molar-refractivity contribution in [2.24, 2.45) is 0 Å². The largest absolute Gasteiger partial charge is 0.477 e. The maximum atomic E-state index is 12.8. The highest BCUT2D eigenvalue weighted by atomic mass is 32.2. The van der Waals surface area contributed by atoms with Crippen LogP contribution in [-0.2, 0) is 14.4 Å². The molecule has 3 atom stereocenters. The number of amides is 2. The van der Waals surface area contributed by atoms with Crippen LogP contribution in [0.3, 0.4) is 0 Å². The zero-order chi connectivity index (χ0) is 23.4. The Kier molecular flexibility index (Phi) is 7.21. The molecule has 0 radical (unpaired) electrons. The molecule has 3 heterocycles. The van der Waals surface area contributed by atoms with Crippen LogP contribution in [-0.4, -0.2) is 76.6 Å². The molecule has 0 spiro atoms. The highest BCUT2D eigenvalue weighted by molar-refractivity contribution is 8.01. The number of nitriles is 1. The smallest absolute Gasteiger partial charge is 0.352 e. The number of aliphatic carboxylic acids is 1. The van der Waals surface area contributed by atoms with Crippen LogP contribution < -0.4 is 5.32 Å². The Bertz CT molecular complexity index is 1120. The number of rotatable bonds is 9. The normalized spacial score (nSPS) is 20.5. The number of carboxylic acid groups (broad SMARTS) is 1. The number of β-lactam (4-membered cyclic amide) rings is 1. The van der Waals surface area contributed by atoms with E-state index in [1.165, 1.54) is 28.4 Å². The molecule has 0 bridgehead atoms. The number of hydrogen-bond donors (Lipinski definition) is 3. The van der Waals surface area contributed by atoms with Crippen LogP contribution in [0.15, 0.2) is 51.7 Å². The topological polar surface area (TPSA) is 165 Å². The molecular formula is C19H17N7O4S3. The van der Waals surface area contributed by atoms with E-state index < -0.39 is 28.5 Å². The Balaban J connectivity index is 1.47. The van der Waals surface area contributed by atoms with Gasteiger partial charge < -0.3 is 10.4 Å². The molecule has 0 aliphatic carbocycles. The lowest BCUT2D eigenvalue weighted by Crippen LogP contribution is -2.70. The monoisotopic (exact) mass is 503 g/mol. The van der Waals surface area contributed by atoms with Gasteiger partial charge in [0.2, 0.25) is 11.1 Å². The van der Waals surface area contributed by atoms with Crippen molar-refractivity contribution < 1.29 is 19.5 Å². The molecule has 4 rings (SSSR count). The molecule has 2 aliphatic rings. The first-order valence-corrected chi connectivity index (χ1v) is 12.6. The molecule has 1 aromatic heterocycles. The number of fused-ring (bicyclic) bond motifs is 1. The number of aromatic amines is 1. The Morgan fingerprint density at radius 3 is 2.85 bits per heavy atom. The molecule has 3 N–H and O–H groups in total.